The number of hydrogen-bond donors (Lipinski definition) is 1. The van der Waals surface area contributed by atoms with E-state index in [4.69, 9.17) is 32.7 Å². The van der Waals surface area contributed by atoms with Crippen molar-refractivity contribution in [3.8, 4) is 11.5 Å². The monoisotopic (exact) mass is 424 g/mol. The minimum Gasteiger partial charge on any atom is -0.486 e. The van der Waals surface area contributed by atoms with Gasteiger partial charge in [-0.05, 0) is 18.2 Å². The second kappa shape index (κ2) is 7.84. The highest BCUT2D eigenvalue weighted by atomic mass is 35.5. The number of hydrogen-bond acceptors (Lipinski definition) is 6. The van der Waals surface area contributed by atoms with Crippen molar-refractivity contribution in [2.75, 3.05) is 18.9 Å². The Kier molecular flexibility index (Phi) is 5.29. The topological polar surface area (TPSA) is 77.8 Å². The van der Waals surface area contributed by atoms with Gasteiger partial charge >= 0.3 is 0 Å². The van der Waals surface area contributed by atoms with E-state index >= 15 is 0 Å². The molecule has 1 unspecified atom stereocenters. The molecular weight excluding hydrogens is 411 g/mol. The standard InChI is InChI=1S/C17H14Cl2N4O3S/c18-10-5-12(19)16-21-22-17(23(16)7-10)27-9-15(24)20-6-11-8-25-13-3-1-2-4-14(13)26-11/h1-5,7,11H,6,8-9H2,(H,20,24). The summed E-state index contributed by atoms with van der Waals surface area (Å²) in [6.45, 7) is 0.738. The first kappa shape index (κ1) is 18.2. The lowest BCUT2D eigenvalue weighted by atomic mass is 10.2. The van der Waals surface area contributed by atoms with E-state index < -0.39 is 0 Å². The summed E-state index contributed by atoms with van der Waals surface area (Å²) in [5.74, 6) is 1.43. The van der Waals surface area contributed by atoms with Crippen molar-refractivity contribution in [3.63, 3.8) is 0 Å². The second-order valence-electron chi connectivity index (χ2n) is 5.77. The molecule has 4 rings (SSSR count). The molecule has 27 heavy (non-hydrogen) atoms. The lowest BCUT2D eigenvalue weighted by Crippen LogP contribution is -2.41. The number of rotatable bonds is 5. The Bertz CT molecular complexity index is 997. The lowest BCUT2D eigenvalue weighted by molar-refractivity contribution is -0.119. The molecular formula is C17H14Cl2N4O3S. The summed E-state index contributed by atoms with van der Waals surface area (Å²) in [5, 5.41) is 12.3. The molecule has 0 bridgehead atoms. The Morgan fingerprint density at radius 2 is 2.11 bits per heavy atom. The first-order valence-electron chi connectivity index (χ1n) is 8.08. The van der Waals surface area contributed by atoms with E-state index in [1.807, 2.05) is 24.3 Å². The summed E-state index contributed by atoms with van der Waals surface area (Å²) in [5.41, 5.74) is 0.496. The predicted molar refractivity (Wildman–Crippen MR) is 103 cm³/mol. The van der Waals surface area contributed by atoms with Gasteiger partial charge in [0.2, 0.25) is 5.91 Å². The molecule has 10 heteroatoms. The number of carbonyl (C=O) groups is 1. The summed E-state index contributed by atoms with van der Waals surface area (Å²) in [7, 11) is 0. The van der Waals surface area contributed by atoms with E-state index in [-0.39, 0.29) is 17.8 Å². The molecule has 1 atom stereocenters. The fourth-order valence-electron chi connectivity index (χ4n) is 2.57. The van der Waals surface area contributed by atoms with Gasteiger partial charge in [-0.25, -0.2) is 0 Å². The van der Waals surface area contributed by atoms with Crippen molar-refractivity contribution < 1.29 is 14.3 Å². The van der Waals surface area contributed by atoms with Crippen LogP contribution in [0.3, 0.4) is 0 Å². The predicted octanol–water partition coefficient (Wildman–Crippen LogP) is 3.08. The van der Waals surface area contributed by atoms with Crippen LogP contribution >= 0.6 is 35.0 Å². The number of carbonyl (C=O) groups excluding carboxylic acids is 1. The van der Waals surface area contributed by atoms with Gasteiger partial charge in [0.25, 0.3) is 0 Å². The van der Waals surface area contributed by atoms with E-state index in [1.54, 1.807) is 16.7 Å². The van der Waals surface area contributed by atoms with Crippen LogP contribution in [-0.2, 0) is 4.79 Å². The molecule has 1 aliphatic heterocycles. The van der Waals surface area contributed by atoms with E-state index in [0.717, 1.165) is 0 Å². The summed E-state index contributed by atoms with van der Waals surface area (Å²) >= 11 is 13.3. The van der Waals surface area contributed by atoms with Gasteiger partial charge in [-0.1, -0.05) is 47.1 Å². The first-order valence-corrected chi connectivity index (χ1v) is 9.82. The van der Waals surface area contributed by atoms with Crippen LogP contribution < -0.4 is 14.8 Å². The third kappa shape index (κ3) is 4.07. The molecule has 1 aliphatic rings. The van der Waals surface area contributed by atoms with E-state index in [1.165, 1.54) is 11.8 Å². The van der Waals surface area contributed by atoms with Gasteiger partial charge in [0.05, 0.1) is 22.3 Å². The number of halogens is 2. The van der Waals surface area contributed by atoms with Crippen molar-refractivity contribution in [2.24, 2.45) is 0 Å². The van der Waals surface area contributed by atoms with Gasteiger partial charge in [-0.15, -0.1) is 10.2 Å². The van der Waals surface area contributed by atoms with Gasteiger partial charge in [0, 0.05) is 6.20 Å². The van der Waals surface area contributed by atoms with Crippen molar-refractivity contribution in [2.45, 2.75) is 11.3 Å². The van der Waals surface area contributed by atoms with Crippen molar-refractivity contribution in [1.29, 1.82) is 0 Å². The van der Waals surface area contributed by atoms with Gasteiger partial charge in [0.1, 0.15) is 12.7 Å². The highest BCUT2D eigenvalue weighted by molar-refractivity contribution is 7.99. The zero-order valence-corrected chi connectivity index (χ0v) is 16.2. The molecule has 2 aromatic heterocycles. The van der Waals surface area contributed by atoms with Crippen LogP contribution in [0.2, 0.25) is 10.0 Å². The van der Waals surface area contributed by atoms with Gasteiger partial charge < -0.3 is 14.8 Å². The molecule has 0 saturated carbocycles. The summed E-state index contributed by atoms with van der Waals surface area (Å²) in [4.78, 5) is 12.2. The molecule has 3 heterocycles. The fraction of sp³-hybridized carbons (Fsp3) is 0.235. The number of thioether (sulfide) groups is 1. The maximum absolute atomic E-state index is 12.2. The van der Waals surface area contributed by atoms with E-state index in [9.17, 15) is 4.79 Å². The first-order chi connectivity index (χ1) is 13.1. The number of ether oxygens (including phenoxy) is 2. The number of aromatic nitrogens is 3. The normalized spacial score (nSPS) is 15.7. The Labute approximate surface area is 169 Å². The van der Waals surface area contributed by atoms with Crippen LogP contribution in [0.25, 0.3) is 5.65 Å². The largest absolute Gasteiger partial charge is 0.486 e. The number of pyridine rings is 1. The third-order valence-corrected chi connectivity index (χ3v) is 5.25. The molecule has 0 spiro atoms. The van der Waals surface area contributed by atoms with Crippen LogP contribution in [0.5, 0.6) is 11.5 Å². The number of amides is 1. The van der Waals surface area contributed by atoms with Crippen molar-refractivity contribution >= 4 is 46.5 Å². The smallest absolute Gasteiger partial charge is 0.230 e. The van der Waals surface area contributed by atoms with Gasteiger partial charge in [-0.2, -0.15) is 0 Å². The highest BCUT2D eigenvalue weighted by Gasteiger charge is 2.21. The number of benzene rings is 1. The van der Waals surface area contributed by atoms with Gasteiger partial charge in [0.15, 0.2) is 22.3 Å². The fourth-order valence-corrected chi connectivity index (χ4v) is 3.82. The van der Waals surface area contributed by atoms with Crippen molar-refractivity contribution in [1.82, 2.24) is 19.9 Å². The molecule has 3 aromatic rings. The average molecular weight is 425 g/mol. The Hall–Kier alpha value is -2.16. The van der Waals surface area contributed by atoms with E-state index in [0.29, 0.717) is 45.5 Å². The number of para-hydroxylation sites is 2. The molecule has 1 N–H and O–H groups in total. The minimum atomic E-state index is -0.236. The molecule has 7 nitrogen and oxygen atoms in total. The SMILES string of the molecule is O=C(CSc1nnc2c(Cl)cc(Cl)cn12)NCC1COc2ccccc2O1. The molecule has 140 valence electrons. The number of nitrogens with zero attached hydrogens (tertiary/aromatic N) is 3. The van der Waals surface area contributed by atoms with E-state index in [2.05, 4.69) is 15.5 Å². The molecule has 0 saturated heterocycles. The Balaban J connectivity index is 1.31. The van der Waals surface area contributed by atoms with Crippen LogP contribution in [0.1, 0.15) is 0 Å². The number of fused-ring (bicyclic) bond motifs is 2. The molecule has 0 radical (unpaired) electrons. The minimum absolute atomic E-state index is 0.146. The molecule has 0 fully saturated rings. The summed E-state index contributed by atoms with van der Waals surface area (Å²) in [6, 6.07) is 9.05. The van der Waals surface area contributed by atoms with Crippen LogP contribution in [-0.4, -0.2) is 45.5 Å². The molecule has 1 amide bonds. The summed E-state index contributed by atoms with van der Waals surface area (Å²) in [6.07, 6.45) is 1.42. The van der Waals surface area contributed by atoms with Crippen molar-refractivity contribution in [3.05, 3.63) is 46.6 Å². The second-order valence-corrected chi connectivity index (χ2v) is 7.56. The zero-order chi connectivity index (χ0) is 18.8. The average Bonchev–Trinajstić information content (AvgIpc) is 3.07. The third-order valence-electron chi connectivity index (χ3n) is 3.82. The lowest BCUT2D eigenvalue weighted by Gasteiger charge is -2.26. The molecule has 0 aliphatic carbocycles. The maximum atomic E-state index is 12.2. The maximum Gasteiger partial charge on any atom is 0.230 e. The van der Waals surface area contributed by atoms with Crippen LogP contribution in [0, 0.1) is 0 Å². The Morgan fingerprint density at radius 1 is 1.30 bits per heavy atom. The highest BCUT2D eigenvalue weighted by Crippen LogP contribution is 2.30. The zero-order valence-electron chi connectivity index (χ0n) is 13.9. The summed E-state index contributed by atoms with van der Waals surface area (Å²) < 4.78 is 13.1. The molecule has 1 aromatic carbocycles. The quantitative estimate of drug-likeness (QED) is 0.634. The number of nitrogens with one attached hydrogen (secondary N) is 1. The Morgan fingerprint density at radius 3 is 2.96 bits per heavy atom. The van der Waals surface area contributed by atoms with Crippen LogP contribution in [0.15, 0.2) is 41.7 Å². The van der Waals surface area contributed by atoms with Crippen LogP contribution in [0.4, 0.5) is 0 Å². The van der Waals surface area contributed by atoms with Gasteiger partial charge in [-0.3, -0.25) is 9.20 Å².